The number of methoxy groups -OCH3 is 1. The molecular weight excluding hydrogens is 587 g/mol. The Labute approximate surface area is 256 Å². The van der Waals surface area contributed by atoms with Crippen LogP contribution >= 0.6 is 23.2 Å². The molecule has 3 aromatic rings. The summed E-state index contributed by atoms with van der Waals surface area (Å²) >= 11 is 12.2. The fourth-order valence-electron chi connectivity index (χ4n) is 5.49. The highest BCUT2D eigenvalue weighted by Crippen LogP contribution is 2.53. The molecule has 0 saturated carbocycles. The highest BCUT2D eigenvalue weighted by Gasteiger charge is 2.61. The topological polar surface area (TPSA) is 111 Å². The minimum Gasteiger partial charge on any atom is -0.495 e. The lowest BCUT2D eigenvalue weighted by molar-refractivity contribution is -0.118. The molecule has 42 heavy (non-hydrogen) atoms. The van der Waals surface area contributed by atoms with E-state index in [-0.39, 0.29) is 34.0 Å². The summed E-state index contributed by atoms with van der Waals surface area (Å²) in [7, 11) is 1.27. The molecule has 3 N–H and O–H groups in total. The Morgan fingerprint density at radius 1 is 1.24 bits per heavy atom. The number of carbonyl (C=O) groups is 2. The molecule has 0 spiro atoms. The molecule has 0 unspecified atom stereocenters. The van der Waals surface area contributed by atoms with Gasteiger partial charge in [0.15, 0.2) is 0 Å². The van der Waals surface area contributed by atoms with Gasteiger partial charge in [0.1, 0.15) is 22.8 Å². The predicted molar refractivity (Wildman–Crippen MR) is 156 cm³/mol. The summed E-state index contributed by atoms with van der Waals surface area (Å²) in [6.07, 6.45) is 0.0990. The van der Waals surface area contributed by atoms with Crippen molar-refractivity contribution in [3.8, 4) is 11.8 Å². The smallest absolute Gasteiger partial charge is 0.335 e. The molecule has 11 heteroatoms. The first-order chi connectivity index (χ1) is 21.0. The van der Waals surface area contributed by atoms with E-state index in [1.807, 2.05) is 20.8 Å². The van der Waals surface area contributed by atoms with E-state index >= 15 is 8.78 Å². The summed E-state index contributed by atoms with van der Waals surface area (Å²) in [6.45, 7) is 5.50. The van der Waals surface area contributed by atoms with Crippen LogP contribution in [0.4, 0.5) is 14.5 Å². The van der Waals surface area contributed by atoms with Crippen LogP contribution in [0.3, 0.4) is 0 Å². The highest BCUT2D eigenvalue weighted by molar-refractivity contribution is 6.31. The maximum atomic E-state index is 16.2. The number of nitriles is 1. The standard InChI is InChI=1S/C31H29Cl2F2N3O4/c1-30(2,3)14-24-31(15-36,19-10-9-17(32)13-21(19)34)25(18-6-5-7-20(33)26(18)35)27(38-24)28(39)37-22-11-8-16(29(40)41)12-23(22)42-4/h5-13,24-25,27,38H,14H2,1-4H3,(H,37,39)(H,40,41)/t24-,25-,27+,31-/m0/s1/i9D,10D,13D. The third kappa shape index (κ3) is 5.80. The van der Waals surface area contributed by atoms with E-state index in [1.54, 1.807) is 0 Å². The lowest BCUT2D eigenvalue weighted by atomic mass is 9.62. The first kappa shape index (κ1) is 27.1. The number of carboxylic acid groups (broad SMARTS) is 1. The Kier molecular flexibility index (Phi) is 7.68. The summed E-state index contributed by atoms with van der Waals surface area (Å²) in [4.78, 5) is 25.6. The normalized spacial score (nSPS) is 22.9. The number of halogens is 4. The van der Waals surface area contributed by atoms with Gasteiger partial charge in [0.25, 0.3) is 0 Å². The van der Waals surface area contributed by atoms with Crippen molar-refractivity contribution in [1.29, 1.82) is 5.26 Å². The Bertz CT molecular complexity index is 1720. The number of carbonyl (C=O) groups excluding carboxylic acids is 1. The number of ether oxygens (including phenoxy) is 1. The fraction of sp³-hybridized carbons (Fsp3) is 0.323. The Morgan fingerprint density at radius 2 is 1.95 bits per heavy atom. The second kappa shape index (κ2) is 11.9. The summed E-state index contributed by atoms with van der Waals surface area (Å²) in [5.41, 5.74) is -3.79. The van der Waals surface area contributed by atoms with Gasteiger partial charge in [-0.15, -0.1) is 0 Å². The molecule has 0 radical (unpaired) electrons. The molecule has 0 aliphatic carbocycles. The number of hydrogen-bond acceptors (Lipinski definition) is 5. The zero-order valence-electron chi connectivity index (χ0n) is 26.0. The average Bonchev–Trinajstić information content (AvgIpc) is 3.29. The summed E-state index contributed by atoms with van der Waals surface area (Å²) < 4.78 is 62.7. The van der Waals surface area contributed by atoms with Crippen LogP contribution in [-0.4, -0.2) is 36.2 Å². The minimum absolute atomic E-state index is 0.000549. The highest BCUT2D eigenvalue weighted by atomic mass is 35.5. The maximum absolute atomic E-state index is 16.2. The monoisotopic (exact) mass is 618 g/mol. The van der Waals surface area contributed by atoms with E-state index in [1.165, 1.54) is 43.5 Å². The first-order valence-corrected chi connectivity index (χ1v) is 13.5. The minimum atomic E-state index is -2.24. The van der Waals surface area contributed by atoms with Gasteiger partial charge in [0.05, 0.1) is 39.6 Å². The molecule has 4 atom stereocenters. The molecule has 3 aromatic carbocycles. The number of benzene rings is 3. The van der Waals surface area contributed by atoms with E-state index in [0.717, 1.165) is 0 Å². The lowest BCUT2D eigenvalue weighted by Crippen LogP contribution is -2.45. The third-order valence-electron chi connectivity index (χ3n) is 7.21. The maximum Gasteiger partial charge on any atom is 0.335 e. The lowest BCUT2D eigenvalue weighted by Gasteiger charge is -2.37. The Hall–Kier alpha value is -3.71. The number of aromatic carboxylic acids is 1. The number of nitrogens with one attached hydrogen (secondary N) is 2. The summed E-state index contributed by atoms with van der Waals surface area (Å²) in [5, 5.41) is 25.2. The van der Waals surface area contributed by atoms with E-state index in [0.29, 0.717) is 0 Å². The van der Waals surface area contributed by atoms with Crippen molar-refractivity contribution in [3.05, 3.63) is 92.9 Å². The van der Waals surface area contributed by atoms with Crippen LogP contribution in [0, 0.1) is 28.4 Å². The molecule has 1 amide bonds. The molecule has 1 fully saturated rings. The van der Waals surface area contributed by atoms with Gasteiger partial charge in [-0.25, -0.2) is 13.6 Å². The van der Waals surface area contributed by atoms with Crippen molar-refractivity contribution in [3.63, 3.8) is 0 Å². The number of hydrogen-bond donors (Lipinski definition) is 3. The number of anilines is 1. The van der Waals surface area contributed by atoms with E-state index in [4.69, 9.17) is 32.1 Å². The van der Waals surface area contributed by atoms with Crippen LogP contribution in [0.1, 0.15) is 58.7 Å². The van der Waals surface area contributed by atoms with Crippen LogP contribution in [0.2, 0.25) is 10.0 Å². The molecule has 220 valence electrons. The Morgan fingerprint density at radius 3 is 2.57 bits per heavy atom. The van der Waals surface area contributed by atoms with Gasteiger partial charge >= 0.3 is 5.97 Å². The van der Waals surface area contributed by atoms with Crippen LogP contribution in [0.25, 0.3) is 0 Å². The SMILES string of the molecule is [2H]c1c([2H])c([C@@]2(C#N)[C@H](CC(C)(C)C)N[C@@H](C(=O)Nc3ccc(C(=O)O)cc3OC)[C@@H]2c2cccc(Cl)c2F)c(F)c([2H])c1Cl. The van der Waals surface area contributed by atoms with Crippen molar-refractivity contribution in [1.82, 2.24) is 5.32 Å². The van der Waals surface area contributed by atoms with Crippen molar-refractivity contribution < 1.29 is 32.3 Å². The van der Waals surface area contributed by atoms with Crippen LogP contribution in [0.15, 0.2) is 54.5 Å². The van der Waals surface area contributed by atoms with Gasteiger partial charge in [-0.05, 0) is 53.7 Å². The molecule has 4 rings (SSSR count). The number of rotatable bonds is 7. The molecule has 1 heterocycles. The second-order valence-corrected chi connectivity index (χ2v) is 11.9. The first-order valence-electron chi connectivity index (χ1n) is 14.3. The van der Waals surface area contributed by atoms with Crippen molar-refractivity contribution in [2.45, 2.75) is 50.6 Å². The van der Waals surface area contributed by atoms with E-state index in [9.17, 15) is 20.0 Å². The van der Waals surface area contributed by atoms with Gasteiger partial charge in [-0.2, -0.15) is 5.26 Å². The van der Waals surface area contributed by atoms with Gasteiger partial charge in [0.2, 0.25) is 5.91 Å². The van der Waals surface area contributed by atoms with Crippen LogP contribution < -0.4 is 15.4 Å². The summed E-state index contributed by atoms with van der Waals surface area (Å²) in [6, 6.07) is 4.76. The largest absolute Gasteiger partial charge is 0.495 e. The second-order valence-electron chi connectivity index (χ2n) is 11.2. The van der Waals surface area contributed by atoms with E-state index < -0.39 is 81.1 Å². The predicted octanol–water partition coefficient (Wildman–Crippen LogP) is 6.94. The zero-order chi connectivity index (χ0) is 33.6. The average molecular weight is 620 g/mol. The molecule has 1 aliphatic heterocycles. The molecule has 0 aromatic heterocycles. The Balaban J connectivity index is 2.04. The zero-order valence-corrected chi connectivity index (χ0v) is 24.5. The third-order valence-corrected chi connectivity index (χ3v) is 7.69. The van der Waals surface area contributed by atoms with Crippen LogP contribution in [0.5, 0.6) is 5.75 Å². The van der Waals surface area contributed by atoms with Crippen molar-refractivity contribution in [2.75, 3.05) is 12.4 Å². The van der Waals surface area contributed by atoms with E-state index in [2.05, 4.69) is 16.7 Å². The number of amides is 1. The van der Waals surface area contributed by atoms with Gasteiger partial charge in [-0.3, -0.25) is 4.79 Å². The molecule has 1 saturated heterocycles. The quantitative estimate of drug-likeness (QED) is 0.264. The van der Waals surface area contributed by atoms with Gasteiger partial charge < -0.3 is 20.5 Å². The number of nitrogens with zero attached hydrogens (tertiary/aromatic N) is 1. The fourth-order valence-corrected chi connectivity index (χ4v) is 5.80. The summed E-state index contributed by atoms with van der Waals surface area (Å²) in [5.74, 6) is -5.95. The van der Waals surface area contributed by atoms with Crippen molar-refractivity contribution >= 4 is 40.8 Å². The van der Waals surface area contributed by atoms with Gasteiger partial charge in [-0.1, -0.05) is 62.1 Å². The molecular formula is C31H29Cl2F2N3O4. The molecule has 0 bridgehead atoms. The van der Waals surface area contributed by atoms with Gasteiger partial charge in [0, 0.05) is 22.5 Å². The molecule has 7 nitrogen and oxygen atoms in total. The molecule has 1 aliphatic rings. The van der Waals surface area contributed by atoms with Crippen LogP contribution in [-0.2, 0) is 10.2 Å². The number of carboxylic acids is 1. The van der Waals surface area contributed by atoms with Crippen molar-refractivity contribution in [2.24, 2.45) is 5.41 Å².